The zero-order valence-corrected chi connectivity index (χ0v) is 14.7. The summed E-state index contributed by atoms with van der Waals surface area (Å²) in [6, 6.07) is 0. The Hall–Kier alpha value is -2.16. The van der Waals surface area contributed by atoms with Crippen LogP contribution in [0.15, 0.2) is 15.6 Å². The maximum absolute atomic E-state index is 12.8. The molecule has 0 radical (unpaired) electrons. The predicted octanol–water partition coefficient (Wildman–Crippen LogP) is 1.30. The Balaban J connectivity index is 1.82. The Kier molecular flexibility index (Phi) is 4.20. The minimum Gasteiger partial charge on any atom is -0.361 e. The lowest BCUT2D eigenvalue weighted by atomic mass is 10.1. The van der Waals surface area contributed by atoms with Crippen molar-refractivity contribution in [2.24, 2.45) is 0 Å². The van der Waals surface area contributed by atoms with Gasteiger partial charge in [-0.1, -0.05) is 12.1 Å². The van der Waals surface area contributed by atoms with Crippen LogP contribution in [-0.2, 0) is 16.3 Å². The van der Waals surface area contributed by atoms with E-state index in [1.807, 2.05) is 6.92 Å². The fraction of sp³-hybridized carbons (Fsp3) is 0.533. The van der Waals surface area contributed by atoms with E-state index >= 15 is 0 Å². The molecule has 24 heavy (non-hydrogen) atoms. The average molecular weight is 352 g/mol. The Labute approximate surface area is 140 Å². The van der Waals surface area contributed by atoms with Crippen LogP contribution in [0.5, 0.6) is 0 Å². The number of hydrogen-bond acceptors (Lipinski definition) is 6. The van der Waals surface area contributed by atoms with E-state index in [9.17, 15) is 13.2 Å². The third-order valence-electron chi connectivity index (χ3n) is 4.40. The monoisotopic (exact) mass is 352 g/mol. The molecular formula is C15H20N4O4S. The van der Waals surface area contributed by atoms with Crippen molar-refractivity contribution in [1.29, 1.82) is 0 Å². The molecule has 0 bridgehead atoms. The Morgan fingerprint density at radius 2 is 2.25 bits per heavy atom. The summed E-state index contributed by atoms with van der Waals surface area (Å²) in [5, 5.41) is 10.6. The molecule has 130 valence electrons. The van der Waals surface area contributed by atoms with Crippen molar-refractivity contribution in [2.75, 3.05) is 19.3 Å². The molecule has 1 aliphatic heterocycles. The predicted molar refractivity (Wildman–Crippen MR) is 85.6 cm³/mol. The van der Waals surface area contributed by atoms with Gasteiger partial charge in [-0.05, 0) is 19.8 Å². The van der Waals surface area contributed by atoms with Crippen molar-refractivity contribution in [3.63, 3.8) is 0 Å². The molecule has 1 saturated heterocycles. The van der Waals surface area contributed by atoms with Crippen LogP contribution in [0.3, 0.4) is 0 Å². The summed E-state index contributed by atoms with van der Waals surface area (Å²) in [5.41, 5.74) is 1.75. The van der Waals surface area contributed by atoms with Crippen molar-refractivity contribution < 1.29 is 17.7 Å². The van der Waals surface area contributed by atoms with Gasteiger partial charge in [-0.3, -0.25) is 9.89 Å². The van der Waals surface area contributed by atoms with Crippen LogP contribution in [0, 0.1) is 6.92 Å². The number of carbonyl (C=O) groups is 1. The smallest absolute Gasteiger partial charge is 0.259 e. The summed E-state index contributed by atoms with van der Waals surface area (Å²) in [4.78, 5) is 14.7. The first-order chi connectivity index (χ1) is 11.3. The number of nitrogens with one attached hydrogen (secondary N) is 1. The first kappa shape index (κ1) is 16.7. The third-order valence-corrected chi connectivity index (χ3v) is 5.52. The minimum absolute atomic E-state index is 0.0774. The van der Waals surface area contributed by atoms with E-state index in [1.165, 1.54) is 6.20 Å². The van der Waals surface area contributed by atoms with Crippen LogP contribution in [0.2, 0.25) is 0 Å². The second-order valence-corrected chi connectivity index (χ2v) is 8.06. The maximum Gasteiger partial charge on any atom is 0.259 e. The number of carbonyl (C=O) groups excluding carboxylic acids is 1. The number of rotatable bonds is 4. The van der Waals surface area contributed by atoms with E-state index in [0.717, 1.165) is 6.26 Å². The van der Waals surface area contributed by atoms with E-state index in [4.69, 9.17) is 4.52 Å². The normalized spacial score (nSPS) is 18.3. The van der Waals surface area contributed by atoms with Crippen LogP contribution < -0.4 is 0 Å². The van der Waals surface area contributed by atoms with Gasteiger partial charge in [0.05, 0.1) is 17.6 Å². The van der Waals surface area contributed by atoms with Gasteiger partial charge in [-0.15, -0.1) is 0 Å². The Morgan fingerprint density at radius 1 is 1.50 bits per heavy atom. The van der Waals surface area contributed by atoms with Crippen molar-refractivity contribution in [3.8, 4) is 0 Å². The lowest BCUT2D eigenvalue weighted by molar-refractivity contribution is 0.0788. The standard InChI is InChI=1S/C15H20N4O4S/c1-4-11-13(9(2)23-18-11)15(20)19-6-5-10(8-19)14-12(7-16-17-14)24(3,21)22/h7,10H,4-6,8H2,1-3H3,(H,16,17)/t10-/m1/s1. The molecule has 9 heteroatoms. The molecule has 0 aliphatic carbocycles. The summed E-state index contributed by atoms with van der Waals surface area (Å²) in [5.74, 6) is 0.318. The molecule has 2 aromatic heterocycles. The number of amides is 1. The second kappa shape index (κ2) is 6.04. The molecule has 3 rings (SSSR count). The summed E-state index contributed by atoms with van der Waals surface area (Å²) in [7, 11) is -3.35. The zero-order valence-electron chi connectivity index (χ0n) is 13.9. The third kappa shape index (κ3) is 2.83. The largest absolute Gasteiger partial charge is 0.361 e. The van der Waals surface area contributed by atoms with Crippen LogP contribution in [0.1, 0.15) is 46.8 Å². The van der Waals surface area contributed by atoms with Gasteiger partial charge in [0.25, 0.3) is 5.91 Å². The number of hydrogen-bond donors (Lipinski definition) is 1. The molecule has 0 aromatic carbocycles. The maximum atomic E-state index is 12.8. The molecule has 1 N–H and O–H groups in total. The Bertz CT molecular complexity index is 868. The van der Waals surface area contributed by atoms with Crippen LogP contribution in [0.4, 0.5) is 0 Å². The fourth-order valence-electron chi connectivity index (χ4n) is 3.14. The molecule has 1 atom stereocenters. The Morgan fingerprint density at radius 3 is 2.92 bits per heavy atom. The highest BCUT2D eigenvalue weighted by Gasteiger charge is 2.34. The van der Waals surface area contributed by atoms with Crippen molar-refractivity contribution in [1.82, 2.24) is 20.3 Å². The topological polar surface area (TPSA) is 109 Å². The van der Waals surface area contributed by atoms with Crippen molar-refractivity contribution in [3.05, 3.63) is 28.9 Å². The fourth-order valence-corrected chi connectivity index (χ4v) is 4.00. The van der Waals surface area contributed by atoms with Gasteiger partial charge in [0.2, 0.25) is 0 Å². The minimum atomic E-state index is -3.35. The molecule has 2 aromatic rings. The number of aryl methyl sites for hydroxylation is 2. The molecule has 8 nitrogen and oxygen atoms in total. The molecule has 1 amide bonds. The summed E-state index contributed by atoms with van der Waals surface area (Å²) in [6.07, 6.45) is 3.79. The van der Waals surface area contributed by atoms with E-state index in [1.54, 1.807) is 11.8 Å². The van der Waals surface area contributed by atoms with E-state index in [0.29, 0.717) is 48.6 Å². The van der Waals surface area contributed by atoms with Crippen LogP contribution >= 0.6 is 0 Å². The lowest BCUT2D eigenvalue weighted by Crippen LogP contribution is -2.29. The van der Waals surface area contributed by atoms with Crippen LogP contribution in [0.25, 0.3) is 0 Å². The van der Waals surface area contributed by atoms with Gasteiger partial charge >= 0.3 is 0 Å². The molecule has 0 unspecified atom stereocenters. The number of likely N-dealkylation sites (tertiary alicyclic amines) is 1. The van der Waals surface area contributed by atoms with Crippen LogP contribution in [-0.4, -0.2) is 53.9 Å². The zero-order chi connectivity index (χ0) is 17.5. The molecule has 0 saturated carbocycles. The van der Waals surface area contributed by atoms with Crippen molar-refractivity contribution in [2.45, 2.75) is 37.5 Å². The number of sulfone groups is 1. The van der Waals surface area contributed by atoms with E-state index < -0.39 is 9.84 Å². The number of aromatic amines is 1. The quantitative estimate of drug-likeness (QED) is 0.888. The highest BCUT2D eigenvalue weighted by atomic mass is 32.2. The molecule has 1 aliphatic rings. The van der Waals surface area contributed by atoms with Gasteiger partial charge in [-0.2, -0.15) is 5.10 Å². The highest BCUT2D eigenvalue weighted by molar-refractivity contribution is 7.90. The SMILES string of the molecule is CCc1noc(C)c1C(=O)N1CC[C@@H](c2[nH]ncc2S(C)(=O)=O)C1. The summed E-state index contributed by atoms with van der Waals surface area (Å²) < 4.78 is 28.8. The molecular weight excluding hydrogens is 332 g/mol. The summed E-state index contributed by atoms with van der Waals surface area (Å²) in [6.45, 7) is 4.64. The number of H-pyrrole nitrogens is 1. The molecule has 0 spiro atoms. The van der Waals surface area contributed by atoms with Gasteiger partial charge < -0.3 is 9.42 Å². The highest BCUT2D eigenvalue weighted by Crippen LogP contribution is 2.31. The van der Waals surface area contributed by atoms with E-state index in [2.05, 4.69) is 15.4 Å². The van der Waals surface area contributed by atoms with Gasteiger partial charge in [0, 0.05) is 25.3 Å². The van der Waals surface area contributed by atoms with Crippen molar-refractivity contribution >= 4 is 15.7 Å². The second-order valence-electron chi connectivity index (χ2n) is 6.07. The first-order valence-electron chi connectivity index (χ1n) is 7.80. The molecule has 3 heterocycles. The van der Waals surface area contributed by atoms with Gasteiger partial charge in [0.1, 0.15) is 16.2 Å². The van der Waals surface area contributed by atoms with E-state index in [-0.39, 0.29) is 16.7 Å². The first-order valence-corrected chi connectivity index (χ1v) is 9.69. The van der Waals surface area contributed by atoms with Gasteiger partial charge in [0.15, 0.2) is 9.84 Å². The van der Waals surface area contributed by atoms with Gasteiger partial charge in [-0.25, -0.2) is 8.42 Å². The average Bonchev–Trinajstić information content (AvgIpc) is 3.24. The molecule has 1 fully saturated rings. The lowest BCUT2D eigenvalue weighted by Gasteiger charge is -2.16. The summed E-state index contributed by atoms with van der Waals surface area (Å²) >= 11 is 0. The number of nitrogens with zero attached hydrogens (tertiary/aromatic N) is 3. The number of aromatic nitrogens is 3.